The van der Waals surface area contributed by atoms with E-state index >= 15 is 0 Å². The Labute approximate surface area is 101 Å². The number of anilines is 1. The Morgan fingerprint density at radius 1 is 1.06 bits per heavy atom. The van der Waals surface area contributed by atoms with Gasteiger partial charge in [0.25, 0.3) is 0 Å². The molecule has 17 heavy (non-hydrogen) atoms. The molecule has 0 aliphatic rings. The van der Waals surface area contributed by atoms with Gasteiger partial charge >= 0.3 is 0 Å². The first-order valence-corrected chi connectivity index (χ1v) is 5.47. The quantitative estimate of drug-likeness (QED) is 0.793. The number of hydrogen-bond donors (Lipinski definition) is 2. The van der Waals surface area contributed by atoms with Gasteiger partial charge in [-0.3, -0.25) is 0 Å². The fourth-order valence-electron chi connectivity index (χ4n) is 1.77. The molecule has 4 N–H and O–H groups in total. The van der Waals surface area contributed by atoms with Gasteiger partial charge < -0.3 is 16.2 Å². The molecule has 0 spiro atoms. The highest BCUT2D eigenvalue weighted by Gasteiger charge is 2.05. The van der Waals surface area contributed by atoms with E-state index < -0.39 is 0 Å². The molecule has 2 aromatic rings. The molecule has 0 unspecified atom stereocenters. The summed E-state index contributed by atoms with van der Waals surface area (Å²) >= 11 is 0. The summed E-state index contributed by atoms with van der Waals surface area (Å²) in [6, 6.07) is 13.8. The van der Waals surface area contributed by atoms with Crippen molar-refractivity contribution in [3.8, 4) is 16.9 Å². The summed E-state index contributed by atoms with van der Waals surface area (Å²) in [5.74, 6) is 0.783. The molecule has 2 rings (SSSR count). The van der Waals surface area contributed by atoms with Crippen molar-refractivity contribution in [3.05, 3.63) is 48.0 Å². The van der Waals surface area contributed by atoms with Crippen molar-refractivity contribution in [1.82, 2.24) is 0 Å². The van der Waals surface area contributed by atoms with Gasteiger partial charge in [-0.15, -0.1) is 0 Å². The van der Waals surface area contributed by atoms with Crippen LogP contribution in [0.1, 0.15) is 5.56 Å². The molecule has 0 atom stereocenters. The van der Waals surface area contributed by atoms with Gasteiger partial charge in [-0.1, -0.05) is 24.3 Å². The van der Waals surface area contributed by atoms with Gasteiger partial charge in [0.2, 0.25) is 0 Å². The molecule has 0 amide bonds. The molecule has 0 aliphatic heterocycles. The van der Waals surface area contributed by atoms with Crippen molar-refractivity contribution < 1.29 is 4.74 Å². The van der Waals surface area contributed by atoms with Crippen molar-refractivity contribution in [2.24, 2.45) is 5.73 Å². The Kier molecular flexibility index (Phi) is 3.30. The topological polar surface area (TPSA) is 61.3 Å². The van der Waals surface area contributed by atoms with Crippen LogP contribution in [-0.2, 0) is 6.54 Å². The number of methoxy groups -OCH3 is 1. The van der Waals surface area contributed by atoms with Crippen LogP contribution in [0, 0.1) is 0 Å². The van der Waals surface area contributed by atoms with Crippen molar-refractivity contribution in [2.75, 3.05) is 12.8 Å². The summed E-state index contributed by atoms with van der Waals surface area (Å²) in [7, 11) is 1.65. The van der Waals surface area contributed by atoms with E-state index in [0.717, 1.165) is 22.4 Å². The van der Waals surface area contributed by atoms with E-state index in [-0.39, 0.29) is 0 Å². The fraction of sp³-hybridized carbons (Fsp3) is 0.143. The Hall–Kier alpha value is -2.00. The Balaban J connectivity index is 2.44. The first-order chi connectivity index (χ1) is 8.24. The summed E-state index contributed by atoms with van der Waals surface area (Å²) in [6.45, 7) is 0.555. The average Bonchev–Trinajstić information content (AvgIpc) is 2.39. The van der Waals surface area contributed by atoms with Crippen LogP contribution in [0.3, 0.4) is 0 Å². The zero-order valence-corrected chi connectivity index (χ0v) is 9.81. The lowest BCUT2D eigenvalue weighted by molar-refractivity contribution is 0.416. The maximum Gasteiger partial charge on any atom is 0.128 e. The number of nitrogen functional groups attached to an aromatic ring is 1. The Morgan fingerprint density at radius 2 is 1.76 bits per heavy atom. The third kappa shape index (κ3) is 2.40. The second-order valence-corrected chi connectivity index (χ2v) is 3.86. The molecule has 0 saturated heterocycles. The number of ether oxygens (including phenoxy) is 1. The molecule has 0 aromatic heterocycles. The van der Waals surface area contributed by atoms with E-state index in [0.29, 0.717) is 12.2 Å². The average molecular weight is 228 g/mol. The van der Waals surface area contributed by atoms with Crippen LogP contribution in [0.2, 0.25) is 0 Å². The first-order valence-electron chi connectivity index (χ1n) is 5.47. The summed E-state index contributed by atoms with van der Waals surface area (Å²) in [6.07, 6.45) is 0. The van der Waals surface area contributed by atoms with E-state index in [9.17, 15) is 0 Å². The SMILES string of the molecule is COc1cc(N)ccc1-c1ccc(CN)cc1. The lowest BCUT2D eigenvalue weighted by atomic mass is 10.0. The zero-order chi connectivity index (χ0) is 12.3. The normalized spacial score (nSPS) is 10.2. The Morgan fingerprint density at radius 3 is 2.35 bits per heavy atom. The van der Waals surface area contributed by atoms with Crippen molar-refractivity contribution in [2.45, 2.75) is 6.54 Å². The van der Waals surface area contributed by atoms with Gasteiger partial charge in [0.05, 0.1) is 7.11 Å². The molecule has 0 aliphatic carbocycles. The minimum atomic E-state index is 0.555. The molecular weight excluding hydrogens is 212 g/mol. The van der Waals surface area contributed by atoms with Gasteiger partial charge in [-0.25, -0.2) is 0 Å². The smallest absolute Gasteiger partial charge is 0.128 e. The highest BCUT2D eigenvalue weighted by molar-refractivity contribution is 5.73. The maximum absolute atomic E-state index is 5.73. The largest absolute Gasteiger partial charge is 0.496 e. The standard InChI is InChI=1S/C14H16N2O/c1-17-14-8-12(16)6-7-13(14)11-4-2-10(9-15)3-5-11/h2-8H,9,15-16H2,1H3. The van der Waals surface area contributed by atoms with E-state index in [2.05, 4.69) is 0 Å². The summed E-state index contributed by atoms with van der Waals surface area (Å²) < 4.78 is 5.33. The van der Waals surface area contributed by atoms with E-state index in [1.165, 1.54) is 0 Å². The highest BCUT2D eigenvalue weighted by Crippen LogP contribution is 2.31. The zero-order valence-electron chi connectivity index (χ0n) is 9.81. The number of rotatable bonds is 3. The van der Waals surface area contributed by atoms with Gasteiger partial charge in [0.1, 0.15) is 5.75 Å². The molecule has 88 valence electrons. The van der Waals surface area contributed by atoms with Crippen LogP contribution >= 0.6 is 0 Å². The van der Waals surface area contributed by atoms with Crippen LogP contribution in [0.15, 0.2) is 42.5 Å². The van der Waals surface area contributed by atoms with Gasteiger partial charge in [0.15, 0.2) is 0 Å². The number of nitrogens with two attached hydrogens (primary N) is 2. The number of hydrogen-bond acceptors (Lipinski definition) is 3. The lowest BCUT2D eigenvalue weighted by Crippen LogP contribution is -1.96. The monoisotopic (exact) mass is 228 g/mol. The van der Waals surface area contributed by atoms with E-state index in [1.807, 2.05) is 42.5 Å². The van der Waals surface area contributed by atoms with Crippen molar-refractivity contribution in [1.29, 1.82) is 0 Å². The molecule has 2 aromatic carbocycles. The van der Waals surface area contributed by atoms with Gasteiger partial charge in [-0.2, -0.15) is 0 Å². The van der Waals surface area contributed by atoms with E-state index in [1.54, 1.807) is 7.11 Å². The molecule has 3 heteroatoms. The van der Waals surface area contributed by atoms with E-state index in [4.69, 9.17) is 16.2 Å². The molecule has 0 radical (unpaired) electrons. The molecule has 0 heterocycles. The van der Waals surface area contributed by atoms with Gasteiger partial charge in [-0.05, 0) is 23.3 Å². The Bertz CT molecular complexity index is 506. The van der Waals surface area contributed by atoms with Gasteiger partial charge in [0, 0.05) is 23.9 Å². The van der Waals surface area contributed by atoms with Crippen molar-refractivity contribution >= 4 is 5.69 Å². The lowest BCUT2D eigenvalue weighted by Gasteiger charge is -2.10. The van der Waals surface area contributed by atoms with Crippen LogP contribution in [0.5, 0.6) is 5.75 Å². The van der Waals surface area contributed by atoms with Crippen LogP contribution in [0.25, 0.3) is 11.1 Å². The maximum atomic E-state index is 5.73. The molecular formula is C14H16N2O. The van der Waals surface area contributed by atoms with Crippen molar-refractivity contribution in [3.63, 3.8) is 0 Å². The third-order valence-corrected chi connectivity index (χ3v) is 2.73. The minimum Gasteiger partial charge on any atom is -0.496 e. The second-order valence-electron chi connectivity index (χ2n) is 3.86. The fourth-order valence-corrected chi connectivity index (χ4v) is 1.77. The molecule has 0 saturated carbocycles. The first kappa shape index (κ1) is 11.5. The molecule has 3 nitrogen and oxygen atoms in total. The summed E-state index contributed by atoms with van der Waals surface area (Å²) in [5.41, 5.74) is 15.2. The number of benzene rings is 2. The third-order valence-electron chi connectivity index (χ3n) is 2.73. The predicted molar refractivity (Wildman–Crippen MR) is 70.7 cm³/mol. The highest BCUT2D eigenvalue weighted by atomic mass is 16.5. The molecule has 0 fully saturated rings. The predicted octanol–water partition coefficient (Wildman–Crippen LogP) is 2.40. The van der Waals surface area contributed by atoms with Crippen LogP contribution in [0.4, 0.5) is 5.69 Å². The van der Waals surface area contributed by atoms with Crippen LogP contribution in [-0.4, -0.2) is 7.11 Å². The second kappa shape index (κ2) is 4.89. The minimum absolute atomic E-state index is 0.555. The summed E-state index contributed by atoms with van der Waals surface area (Å²) in [5, 5.41) is 0. The summed E-state index contributed by atoms with van der Waals surface area (Å²) in [4.78, 5) is 0. The molecule has 0 bridgehead atoms. The van der Waals surface area contributed by atoms with Crippen LogP contribution < -0.4 is 16.2 Å².